The van der Waals surface area contributed by atoms with Crippen LogP contribution in [0, 0.1) is 29.0 Å². The Hall–Kier alpha value is -3.22. The minimum atomic E-state index is -0.550. The second-order valence-corrected chi connectivity index (χ2v) is 10.3. The van der Waals surface area contributed by atoms with Gasteiger partial charge in [-0.25, -0.2) is 9.37 Å². The van der Waals surface area contributed by atoms with Gasteiger partial charge in [-0.1, -0.05) is 13.0 Å². The number of methoxy groups -OCH3 is 1. The quantitative estimate of drug-likeness (QED) is 0.447. The maximum absolute atomic E-state index is 13.8. The zero-order valence-corrected chi connectivity index (χ0v) is 20.1. The van der Waals surface area contributed by atoms with Crippen LogP contribution in [0.1, 0.15) is 56.1 Å². The van der Waals surface area contributed by atoms with E-state index in [2.05, 4.69) is 10.3 Å². The molecular weight excluding hydrogens is 447 g/mol. The number of anilines is 1. The first-order chi connectivity index (χ1) is 16.9. The van der Waals surface area contributed by atoms with E-state index in [1.54, 1.807) is 25.3 Å². The summed E-state index contributed by atoms with van der Waals surface area (Å²) in [6, 6.07) is 8.50. The molecular formula is C28H31FN2O4. The third-order valence-electron chi connectivity index (χ3n) is 8.61. The summed E-state index contributed by atoms with van der Waals surface area (Å²) < 4.78 is 18.9. The summed E-state index contributed by atoms with van der Waals surface area (Å²) in [4.78, 5) is 30.4. The molecule has 7 heteroatoms. The number of ketones is 1. The van der Waals surface area contributed by atoms with Gasteiger partial charge in [0.15, 0.2) is 5.78 Å². The van der Waals surface area contributed by atoms with Crippen molar-refractivity contribution in [3.05, 3.63) is 65.3 Å². The third-order valence-corrected chi connectivity index (χ3v) is 8.61. The number of hydrogen-bond acceptors (Lipinski definition) is 5. The molecule has 1 heterocycles. The van der Waals surface area contributed by atoms with Gasteiger partial charge < -0.3 is 15.2 Å². The van der Waals surface area contributed by atoms with Crippen LogP contribution in [-0.2, 0) is 16.0 Å². The number of carbonyl (C=O) groups is 2. The monoisotopic (exact) mass is 478 g/mol. The molecule has 0 radical (unpaired) electrons. The SMILES string of the molecule is COc1ccc(NC(=O)CC[C@@H]2/C(=C/O)C(=O)[C@@]3(C)CCC4c5ccc(F)cc5CCC4C23)nc1. The van der Waals surface area contributed by atoms with Crippen LogP contribution in [0.5, 0.6) is 5.75 Å². The summed E-state index contributed by atoms with van der Waals surface area (Å²) in [5.74, 6) is 1.03. The van der Waals surface area contributed by atoms with E-state index < -0.39 is 5.41 Å². The largest absolute Gasteiger partial charge is 0.515 e. The number of aliphatic hydroxyl groups excluding tert-OH is 1. The number of carbonyl (C=O) groups excluding carboxylic acids is 2. The number of benzene rings is 1. The number of ether oxygens (including phenoxy) is 1. The number of amides is 1. The normalized spacial score (nSPS) is 30.4. The van der Waals surface area contributed by atoms with Gasteiger partial charge in [-0.2, -0.15) is 0 Å². The average Bonchev–Trinajstić information content (AvgIpc) is 3.08. The minimum Gasteiger partial charge on any atom is -0.515 e. The fraction of sp³-hybridized carbons (Fsp3) is 0.464. The Balaban J connectivity index is 1.37. The number of rotatable bonds is 5. The molecule has 3 aliphatic carbocycles. The standard InChI is InChI=1S/C28H31FN2O4/c1-28-12-11-20-19-7-4-17(29)13-16(19)3-6-21(20)26(28)22(23(15-32)27(28)34)8-10-25(33)31-24-9-5-18(35-2)14-30-24/h4-5,7,9,13-15,20-22,26,32H,3,6,8,10-12H2,1-2H3,(H,30,31,33)/b23-15-/t20?,21?,22-,26?,28+/m1/s1. The van der Waals surface area contributed by atoms with E-state index in [0.717, 1.165) is 37.5 Å². The van der Waals surface area contributed by atoms with E-state index in [0.29, 0.717) is 23.6 Å². The molecule has 5 atom stereocenters. The molecule has 2 aromatic rings. The van der Waals surface area contributed by atoms with Crippen LogP contribution in [0.4, 0.5) is 10.2 Å². The molecule has 2 fully saturated rings. The van der Waals surface area contributed by atoms with Crippen molar-refractivity contribution < 1.29 is 23.8 Å². The second-order valence-electron chi connectivity index (χ2n) is 10.3. The predicted molar refractivity (Wildman–Crippen MR) is 130 cm³/mol. The predicted octanol–water partition coefficient (Wildman–Crippen LogP) is 5.35. The number of Topliss-reactive ketones (excluding diaryl/α,β-unsaturated/α-hetero) is 1. The van der Waals surface area contributed by atoms with Gasteiger partial charge >= 0.3 is 0 Å². The van der Waals surface area contributed by atoms with Gasteiger partial charge in [-0.15, -0.1) is 0 Å². The molecule has 0 bridgehead atoms. The Morgan fingerprint density at radius 3 is 2.86 bits per heavy atom. The van der Waals surface area contributed by atoms with Gasteiger partial charge in [0.05, 0.1) is 19.6 Å². The maximum atomic E-state index is 13.8. The molecule has 0 saturated heterocycles. The van der Waals surface area contributed by atoms with E-state index in [9.17, 15) is 19.1 Å². The second kappa shape index (κ2) is 9.10. The van der Waals surface area contributed by atoms with Crippen LogP contribution in [0.3, 0.4) is 0 Å². The highest BCUT2D eigenvalue weighted by Crippen LogP contribution is 2.63. The first-order valence-electron chi connectivity index (χ1n) is 12.3. The minimum absolute atomic E-state index is 0.00980. The Bertz CT molecular complexity index is 1180. The fourth-order valence-electron chi connectivity index (χ4n) is 7.06. The van der Waals surface area contributed by atoms with E-state index in [1.165, 1.54) is 17.8 Å². The lowest BCUT2D eigenvalue weighted by Gasteiger charge is -2.49. The van der Waals surface area contributed by atoms with Gasteiger partial charge in [-0.05, 0) is 91.2 Å². The number of nitrogens with zero attached hydrogens (tertiary/aromatic N) is 1. The molecule has 184 valence electrons. The number of allylic oxidation sites excluding steroid dienone is 1. The molecule has 0 aliphatic heterocycles. The number of aliphatic hydroxyl groups is 1. The first-order valence-corrected chi connectivity index (χ1v) is 12.3. The first kappa shape index (κ1) is 23.5. The molecule has 1 aromatic carbocycles. The highest BCUT2D eigenvalue weighted by atomic mass is 19.1. The van der Waals surface area contributed by atoms with Crippen molar-refractivity contribution in [2.24, 2.45) is 23.2 Å². The van der Waals surface area contributed by atoms with Gasteiger partial charge in [0, 0.05) is 17.4 Å². The van der Waals surface area contributed by atoms with E-state index in [1.807, 2.05) is 13.0 Å². The van der Waals surface area contributed by atoms with Gasteiger partial charge in [0.1, 0.15) is 17.4 Å². The van der Waals surface area contributed by atoms with Crippen LogP contribution in [0.15, 0.2) is 48.4 Å². The lowest BCUT2D eigenvalue weighted by Crippen LogP contribution is -2.44. The number of halogens is 1. The number of fused-ring (bicyclic) bond motifs is 5. The highest BCUT2D eigenvalue weighted by Gasteiger charge is 2.60. The van der Waals surface area contributed by atoms with Crippen molar-refractivity contribution in [2.45, 2.75) is 51.4 Å². The van der Waals surface area contributed by atoms with Crippen LogP contribution in [-0.4, -0.2) is 28.9 Å². The Kier molecular flexibility index (Phi) is 6.11. The Morgan fingerprint density at radius 1 is 1.31 bits per heavy atom. The van der Waals surface area contributed by atoms with Crippen LogP contribution < -0.4 is 10.1 Å². The van der Waals surface area contributed by atoms with Gasteiger partial charge in [-0.3, -0.25) is 9.59 Å². The molecule has 6 nitrogen and oxygen atoms in total. The number of aromatic nitrogens is 1. The van der Waals surface area contributed by atoms with Crippen molar-refractivity contribution in [3.8, 4) is 5.75 Å². The summed E-state index contributed by atoms with van der Waals surface area (Å²) in [5, 5.41) is 12.9. The molecule has 3 aliphatic rings. The summed E-state index contributed by atoms with van der Waals surface area (Å²) in [7, 11) is 1.55. The number of nitrogens with one attached hydrogen (secondary N) is 1. The third kappa shape index (κ3) is 4.01. The maximum Gasteiger partial charge on any atom is 0.225 e. The van der Waals surface area contributed by atoms with E-state index in [-0.39, 0.29) is 47.6 Å². The molecule has 1 aromatic heterocycles. The molecule has 35 heavy (non-hydrogen) atoms. The zero-order valence-electron chi connectivity index (χ0n) is 20.1. The number of hydrogen-bond donors (Lipinski definition) is 2. The highest BCUT2D eigenvalue weighted by molar-refractivity contribution is 6.03. The van der Waals surface area contributed by atoms with Crippen LogP contribution in [0.25, 0.3) is 0 Å². The summed E-state index contributed by atoms with van der Waals surface area (Å²) in [6.45, 7) is 2.03. The van der Waals surface area contributed by atoms with Gasteiger partial charge in [0.25, 0.3) is 0 Å². The molecule has 3 unspecified atom stereocenters. The summed E-state index contributed by atoms with van der Waals surface area (Å²) in [5.41, 5.74) is 2.16. The van der Waals surface area contributed by atoms with E-state index >= 15 is 0 Å². The van der Waals surface area contributed by atoms with Gasteiger partial charge in [0.2, 0.25) is 5.91 Å². The molecule has 2 N–H and O–H groups in total. The molecule has 2 saturated carbocycles. The molecule has 0 spiro atoms. The van der Waals surface area contributed by atoms with E-state index in [4.69, 9.17) is 4.74 Å². The lowest BCUT2D eigenvalue weighted by atomic mass is 9.54. The van der Waals surface area contributed by atoms with Crippen molar-refractivity contribution in [2.75, 3.05) is 12.4 Å². The summed E-state index contributed by atoms with van der Waals surface area (Å²) >= 11 is 0. The van der Waals surface area contributed by atoms with Crippen LogP contribution >= 0.6 is 0 Å². The van der Waals surface area contributed by atoms with Crippen molar-refractivity contribution in [1.82, 2.24) is 4.98 Å². The zero-order chi connectivity index (χ0) is 24.7. The number of aryl methyl sites for hydroxylation is 1. The average molecular weight is 479 g/mol. The van der Waals surface area contributed by atoms with Crippen molar-refractivity contribution in [1.29, 1.82) is 0 Å². The molecule has 1 amide bonds. The fourth-order valence-corrected chi connectivity index (χ4v) is 7.06. The topological polar surface area (TPSA) is 88.5 Å². The lowest BCUT2D eigenvalue weighted by molar-refractivity contribution is -0.127. The molecule has 5 rings (SSSR count). The number of pyridine rings is 1. The van der Waals surface area contributed by atoms with Crippen LogP contribution in [0.2, 0.25) is 0 Å². The Morgan fingerprint density at radius 2 is 2.14 bits per heavy atom. The van der Waals surface area contributed by atoms with Crippen molar-refractivity contribution >= 4 is 17.5 Å². The smallest absolute Gasteiger partial charge is 0.225 e. The van der Waals surface area contributed by atoms with Crippen molar-refractivity contribution in [3.63, 3.8) is 0 Å². The Labute approximate surface area is 204 Å². The summed E-state index contributed by atoms with van der Waals surface area (Å²) in [6.07, 6.45) is 6.46.